The normalized spacial score (nSPS) is 18.7. The Bertz CT molecular complexity index is 765. The van der Waals surface area contributed by atoms with Crippen LogP contribution < -0.4 is 9.80 Å². The van der Waals surface area contributed by atoms with Crippen LogP contribution >= 0.6 is 0 Å². The molecule has 0 bridgehead atoms. The van der Waals surface area contributed by atoms with Crippen LogP contribution in [0, 0.1) is 6.92 Å². The molecule has 2 aromatic heterocycles. The maximum atomic E-state index is 4.81. The zero-order chi connectivity index (χ0) is 18.6. The number of aryl methyl sites for hydroxylation is 1. The summed E-state index contributed by atoms with van der Waals surface area (Å²) < 4.78 is 0. The Balaban J connectivity index is 1.53. The van der Waals surface area contributed by atoms with E-state index in [2.05, 4.69) is 31.6 Å². The van der Waals surface area contributed by atoms with Crippen molar-refractivity contribution in [2.45, 2.75) is 33.1 Å². The number of piperazine rings is 1. The minimum absolute atomic E-state index is 0.825. The fraction of sp³-hybridized carbons (Fsp3) is 0.600. The quantitative estimate of drug-likeness (QED) is 0.822. The molecule has 0 atom stereocenters. The van der Waals surface area contributed by atoms with Crippen LogP contribution in [-0.4, -0.2) is 70.6 Å². The van der Waals surface area contributed by atoms with Gasteiger partial charge in [0.2, 0.25) is 11.9 Å². The Kier molecular flexibility index (Phi) is 5.48. The molecular formula is C20H29N7. The number of nitrogens with zero attached hydrogens (tertiary/aromatic N) is 7. The largest absolute Gasteiger partial charge is 0.341 e. The van der Waals surface area contributed by atoms with E-state index in [0.29, 0.717) is 0 Å². The Morgan fingerprint density at radius 3 is 2.26 bits per heavy atom. The zero-order valence-corrected chi connectivity index (χ0v) is 16.4. The predicted octanol–water partition coefficient (Wildman–Crippen LogP) is 2.37. The van der Waals surface area contributed by atoms with Crippen LogP contribution in [0.3, 0.4) is 0 Å². The third kappa shape index (κ3) is 4.03. The molecule has 2 aliphatic rings. The van der Waals surface area contributed by atoms with E-state index in [1.54, 1.807) is 0 Å². The van der Waals surface area contributed by atoms with E-state index in [1.165, 1.54) is 19.3 Å². The lowest BCUT2D eigenvalue weighted by molar-refractivity contribution is 0.270. The molecule has 4 rings (SSSR count). The summed E-state index contributed by atoms with van der Waals surface area (Å²) in [4.78, 5) is 25.8. The summed E-state index contributed by atoms with van der Waals surface area (Å²) in [6, 6.07) is 1.96. The maximum Gasteiger partial charge on any atom is 0.225 e. The minimum atomic E-state index is 0.825. The Morgan fingerprint density at radius 2 is 1.56 bits per heavy atom. The Hall–Kier alpha value is -2.28. The molecule has 2 aromatic rings. The Labute approximate surface area is 161 Å². The highest BCUT2D eigenvalue weighted by Gasteiger charge is 2.19. The Morgan fingerprint density at radius 1 is 0.852 bits per heavy atom. The van der Waals surface area contributed by atoms with Crippen molar-refractivity contribution in [3.63, 3.8) is 0 Å². The van der Waals surface area contributed by atoms with Crippen molar-refractivity contribution < 1.29 is 0 Å². The van der Waals surface area contributed by atoms with Gasteiger partial charge in [-0.2, -0.15) is 0 Å². The summed E-state index contributed by atoms with van der Waals surface area (Å²) in [6.07, 6.45) is 7.51. The van der Waals surface area contributed by atoms with E-state index in [4.69, 9.17) is 9.97 Å². The number of hydrogen-bond donors (Lipinski definition) is 0. The SMILES string of the molecule is CCN1CCN(c2ncc(-c3ccnc(N4CCCCC4)n3)c(C)n2)CC1. The van der Waals surface area contributed by atoms with E-state index in [-0.39, 0.29) is 0 Å². The molecule has 7 heteroatoms. The zero-order valence-electron chi connectivity index (χ0n) is 16.4. The number of likely N-dealkylation sites (N-methyl/N-ethyl adjacent to an activating group) is 1. The maximum absolute atomic E-state index is 4.81. The van der Waals surface area contributed by atoms with Gasteiger partial charge in [0, 0.05) is 57.2 Å². The number of rotatable bonds is 4. The van der Waals surface area contributed by atoms with E-state index in [9.17, 15) is 0 Å². The van der Waals surface area contributed by atoms with Gasteiger partial charge < -0.3 is 14.7 Å². The first-order valence-electron chi connectivity index (χ1n) is 10.1. The summed E-state index contributed by atoms with van der Waals surface area (Å²) in [6.45, 7) is 11.6. The molecule has 2 aliphatic heterocycles. The number of aromatic nitrogens is 4. The highest BCUT2D eigenvalue weighted by molar-refractivity contribution is 5.62. The fourth-order valence-electron chi connectivity index (χ4n) is 3.87. The van der Waals surface area contributed by atoms with Gasteiger partial charge in [-0.15, -0.1) is 0 Å². The fourth-order valence-corrected chi connectivity index (χ4v) is 3.87. The van der Waals surface area contributed by atoms with Crippen molar-refractivity contribution >= 4 is 11.9 Å². The van der Waals surface area contributed by atoms with Gasteiger partial charge in [-0.25, -0.2) is 19.9 Å². The molecule has 0 amide bonds. The second kappa shape index (κ2) is 8.17. The number of piperidine rings is 1. The van der Waals surface area contributed by atoms with Gasteiger partial charge in [0.1, 0.15) is 0 Å². The average Bonchev–Trinajstić information content (AvgIpc) is 2.74. The second-order valence-electron chi connectivity index (χ2n) is 7.38. The molecule has 4 heterocycles. The van der Waals surface area contributed by atoms with Crippen molar-refractivity contribution in [3.8, 4) is 11.3 Å². The first-order chi connectivity index (χ1) is 13.2. The highest BCUT2D eigenvalue weighted by Crippen LogP contribution is 2.24. The molecule has 144 valence electrons. The number of anilines is 2. The second-order valence-corrected chi connectivity index (χ2v) is 7.38. The first kappa shape index (κ1) is 18.1. The summed E-state index contributed by atoms with van der Waals surface area (Å²) >= 11 is 0. The van der Waals surface area contributed by atoms with Crippen LogP contribution in [0.25, 0.3) is 11.3 Å². The van der Waals surface area contributed by atoms with Crippen molar-refractivity contribution in [3.05, 3.63) is 24.2 Å². The van der Waals surface area contributed by atoms with E-state index < -0.39 is 0 Å². The van der Waals surface area contributed by atoms with Crippen LogP contribution in [0.2, 0.25) is 0 Å². The van der Waals surface area contributed by atoms with Crippen molar-refractivity contribution in [1.29, 1.82) is 0 Å². The molecule has 0 radical (unpaired) electrons. The smallest absolute Gasteiger partial charge is 0.225 e. The van der Waals surface area contributed by atoms with Gasteiger partial charge in [-0.05, 0) is 38.8 Å². The molecule has 0 N–H and O–H groups in total. The standard InChI is InChI=1S/C20H29N7/c1-3-25-11-13-27(14-12-25)20-22-15-17(16(2)23-20)18-7-8-21-19(24-18)26-9-5-4-6-10-26/h7-8,15H,3-6,9-14H2,1-2H3. The molecule has 2 saturated heterocycles. The van der Waals surface area contributed by atoms with Crippen LogP contribution in [0.1, 0.15) is 31.9 Å². The predicted molar refractivity (Wildman–Crippen MR) is 108 cm³/mol. The summed E-state index contributed by atoms with van der Waals surface area (Å²) in [5.41, 5.74) is 2.87. The molecule has 0 unspecified atom stereocenters. The van der Waals surface area contributed by atoms with Gasteiger partial charge in [0.05, 0.1) is 11.4 Å². The molecule has 27 heavy (non-hydrogen) atoms. The summed E-state index contributed by atoms with van der Waals surface area (Å²) in [7, 11) is 0. The average molecular weight is 368 g/mol. The van der Waals surface area contributed by atoms with Crippen molar-refractivity contribution in [2.24, 2.45) is 0 Å². The molecule has 0 saturated carbocycles. The third-order valence-electron chi connectivity index (χ3n) is 5.63. The van der Waals surface area contributed by atoms with Crippen LogP contribution in [0.15, 0.2) is 18.5 Å². The molecule has 0 spiro atoms. The molecule has 0 aromatic carbocycles. The minimum Gasteiger partial charge on any atom is -0.341 e. The molecule has 2 fully saturated rings. The number of hydrogen-bond acceptors (Lipinski definition) is 7. The van der Waals surface area contributed by atoms with Crippen LogP contribution in [0.4, 0.5) is 11.9 Å². The monoisotopic (exact) mass is 367 g/mol. The molecule has 7 nitrogen and oxygen atoms in total. The van der Waals surface area contributed by atoms with Crippen molar-refractivity contribution in [1.82, 2.24) is 24.8 Å². The van der Waals surface area contributed by atoms with E-state index in [1.807, 2.05) is 25.4 Å². The van der Waals surface area contributed by atoms with Crippen molar-refractivity contribution in [2.75, 3.05) is 55.6 Å². The van der Waals surface area contributed by atoms with Gasteiger partial charge >= 0.3 is 0 Å². The topological polar surface area (TPSA) is 61.3 Å². The lowest BCUT2D eigenvalue weighted by Gasteiger charge is -2.34. The van der Waals surface area contributed by atoms with Gasteiger partial charge in [0.15, 0.2) is 0 Å². The van der Waals surface area contributed by atoms with E-state index >= 15 is 0 Å². The first-order valence-corrected chi connectivity index (χ1v) is 10.1. The van der Waals surface area contributed by atoms with Gasteiger partial charge in [-0.1, -0.05) is 6.92 Å². The van der Waals surface area contributed by atoms with Gasteiger partial charge in [0.25, 0.3) is 0 Å². The van der Waals surface area contributed by atoms with Crippen LogP contribution in [0.5, 0.6) is 0 Å². The van der Waals surface area contributed by atoms with E-state index in [0.717, 1.165) is 74.7 Å². The van der Waals surface area contributed by atoms with Crippen LogP contribution in [-0.2, 0) is 0 Å². The lowest BCUT2D eigenvalue weighted by atomic mass is 10.1. The molecule has 0 aliphatic carbocycles. The lowest BCUT2D eigenvalue weighted by Crippen LogP contribution is -2.46. The summed E-state index contributed by atoms with van der Waals surface area (Å²) in [5.74, 6) is 1.66. The summed E-state index contributed by atoms with van der Waals surface area (Å²) in [5, 5.41) is 0. The highest BCUT2D eigenvalue weighted by atomic mass is 15.3. The third-order valence-corrected chi connectivity index (χ3v) is 5.63. The van der Waals surface area contributed by atoms with Gasteiger partial charge in [-0.3, -0.25) is 0 Å². The molecular weight excluding hydrogens is 338 g/mol.